The topological polar surface area (TPSA) is 0 Å². The Labute approximate surface area is 274 Å². The van der Waals surface area contributed by atoms with Gasteiger partial charge in [-0.3, -0.25) is 0 Å². The summed E-state index contributed by atoms with van der Waals surface area (Å²) < 4.78 is 0. The molecule has 0 fully saturated rings. The first-order valence-electron chi connectivity index (χ1n) is 16.6. The Morgan fingerprint density at radius 1 is 0.340 bits per heavy atom. The molecule has 0 atom stereocenters. The molecule has 47 heavy (non-hydrogen) atoms. The highest BCUT2D eigenvalue weighted by Gasteiger charge is 2.33. The molecule has 220 valence electrons. The Bertz CT molecular complexity index is 2750. The summed E-state index contributed by atoms with van der Waals surface area (Å²) in [6, 6.07) is 59.0. The molecular weight excluding hydrogens is 565 g/mol. The van der Waals surface area contributed by atoms with Gasteiger partial charge in [-0.15, -0.1) is 0 Å². The lowest BCUT2D eigenvalue weighted by Crippen LogP contribution is -2.23. The van der Waals surface area contributed by atoms with Gasteiger partial charge in [-0.2, -0.15) is 0 Å². The van der Waals surface area contributed by atoms with Gasteiger partial charge < -0.3 is 0 Å². The van der Waals surface area contributed by atoms with Crippen molar-refractivity contribution in [3.05, 3.63) is 169 Å². The molecule has 0 saturated heterocycles. The Kier molecular flexibility index (Phi) is 5.44. The largest absolute Gasteiger partial charge is 0.0619 e. The first-order valence-corrected chi connectivity index (χ1v) is 16.6. The molecule has 0 unspecified atom stereocenters. The highest BCUT2D eigenvalue weighted by Crippen LogP contribution is 2.50. The molecule has 0 nitrogen and oxygen atoms in total. The van der Waals surface area contributed by atoms with Crippen molar-refractivity contribution in [2.24, 2.45) is 0 Å². The van der Waals surface area contributed by atoms with Crippen LogP contribution in [0.4, 0.5) is 0 Å². The van der Waals surface area contributed by atoms with Crippen LogP contribution in [0, 0.1) is 0 Å². The fraction of sp³-hybridized carbons (Fsp3) is 0.0638. The van der Waals surface area contributed by atoms with Gasteiger partial charge in [-0.1, -0.05) is 159 Å². The van der Waals surface area contributed by atoms with Gasteiger partial charge in [0, 0.05) is 5.41 Å². The van der Waals surface area contributed by atoms with E-state index in [1.54, 1.807) is 0 Å². The highest BCUT2D eigenvalue weighted by molar-refractivity contribution is 6.23. The molecule has 1 aliphatic carbocycles. The van der Waals surface area contributed by atoms with Gasteiger partial charge in [0.15, 0.2) is 0 Å². The second-order valence-electron chi connectivity index (χ2n) is 13.7. The molecule has 0 aromatic heterocycles. The second kappa shape index (κ2) is 9.64. The van der Waals surface area contributed by atoms with E-state index in [1.807, 2.05) is 0 Å². The summed E-state index contributed by atoms with van der Waals surface area (Å²) in [5.41, 5.74) is 10.5. The van der Waals surface area contributed by atoms with Crippen LogP contribution in [-0.4, -0.2) is 0 Å². The van der Waals surface area contributed by atoms with Crippen LogP contribution in [0.15, 0.2) is 158 Å². The SMILES string of the molecule is CC1(C)c2ccccc2-c2cccc3c(-c4ccc5c(-c6cccc7ccccc67)c6ccc7ccccc7c6cc5c4)ccc1c23. The van der Waals surface area contributed by atoms with E-state index in [9.17, 15) is 0 Å². The maximum absolute atomic E-state index is 2.43. The molecule has 1 aliphatic rings. The van der Waals surface area contributed by atoms with E-state index in [4.69, 9.17) is 0 Å². The molecule has 0 radical (unpaired) electrons. The van der Waals surface area contributed by atoms with Crippen LogP contribution >= 0.6 is 0 Å². The molecule has 0 heteroatoms. The van der Waals surface area contributed by atoms with Crippen LogP contribution in [0.5, 0.6) is 0 Å². The zero-order valence-corrected chi connectivity index (χ0v) is 26.5. The number of benzene rings is 9. The van der Waals surface area contributed by atoms with Crippen molar-refractivity contribution in [1.29, 1.82) is 0 Å². The van der Waals surface area contributed by atoms with E-state index in [-0.39, 0.29) is 5.41 Å². The number of hydrogen-bond donors (Lipinski definition) is 0. The third-order valence-electron chi connectivity index (χ3n) is 10.8. The van der Waals surface area contributed by atoms with Gasteiger partial charge >= 0.3 is 0 Å². The van der Waals surface area contributed by atoms with Gasteiger partial charge in [0.05, 0.1) is 0 Å². The second-order valence-corrected chi connectivity index (χ2v) is 13.7. The first-order chi connectivity index (χ1) is 23.1. The van der Waals surface area contributed by atoms with Crippen LogP contribution in [0.25, 0.3) is 87.2 Å². The van der Waals surface area contributed by atoms with Crippen LogP contribution in [0.1, 0.15) is 25.0 Å². The molecule has 0 saturated carbocycles. The molecule has 0 N–H and O–H groups in total. The van der Waals surface area contributed by atoms with Crippen molar-refractivity contribution in [1.82, 2.24) is 0 Å². The summed E-state index contributed by atoms with van der Waals surface area (Å²) in [5.74, 6) is 0. The fourth-order valence-electron chi connectivity index (χ4n) is 8.59. The summed E-state index contributed by atoms with van der Waals surface area (Å²) in [5, 5.41) is 13.0. The summed E-state index contributed by atoms with van der Waals surface area (Å²) in [6.07, 6.45) is 0. The van der Waals surface area contributed by atoms with E-state index in [0.29, 0.717) is 0 Å². The zero-order valence-electron chi connectivity index (χ0n) is 26.5. The van der Waals surface area contributed by atoms with Gasteiger partial charge in [0.1, 0.15) is 0 Å². The van der Waals surface area contributed by atoms with Gasteiger partial charge in [0.2, 0.25) is 0 Å². The van der Waals surface area contributed by atoms with Crippen molar-refractivity contribution >= 4 is 53.9 Å². The predicted molar refractivity (Wildman–Crippen MR) is 202 cm³/mol. The maximum atomic E-state index is 2.43. The average molecular weight is 597 g/mol. The van der Waals surface area contributed by atoms with Crippen molar-refractivity contribution in [2.45, 2.75) is 19.3 Å². The van der Waals surface area contributed by atoms with Gasteiger partial charge in [-0.05, 0) is 111 Å². The van der Waals surface area contributed by atoms with Crippen molar-refractivity contribution < 1.29 is 0 Å². The molecular formula is C47H32. The third kappa shape index (κ3) is 3.70. The molecule has 0 spiro atoms. The number of rotatable bonds is 2. The van der Waals surface area contributed by atoms with E-state index in [0.717, 1.165) is 0 Å². The Hall–Kier alpha value is -5.72. The lowest BCUT2D eigenvalue weighted by molar-refractivity contribution is 0.645. The molecule has 10 rings (SSSR count). The lowest BCUT2D eigenvalue weighted by Gasteiger charge is -2.35. The number of hydrogen-bond acceptors (Lipinski definition) is 0. The lowest BCUT2D eigenvalue weighted by atomic mass is 9.68. The van der Waals surface area contributed by atoms with E-state index in [2.05, 4.69) is 172 Å². The smallest absolute Gasteiger partial charge is 0.0159 e. The van der Waals surface area contributed by atoms with Crippen molar-refractivity contribution in [3.8, 4) is 33.4 Å². The normalized spacial score (nSPS) is 13.5. The fourth-order valence-corrected chi connectivity index (χ4v) is 8.59. The van der Waals surface area contributed by atoms with Crippen LogP contribution in [-0.2, 0) is 5.41 Å². The van der Waals surface area contributed by atoms with Crippen molar-refractivity contribution in [3.63, 3.8) is 0 Å². The standard InChI is InChI=1S/C47H32/c1-47(2)43-20-8-7-16-37(43)40-19-10-18-39-35(25-26-44(47)46(39)40)31-22-23-36-32(27-31)28-42-34-15-6-4-12-30(34)21-24-41(42)45(36)38-17-9-13-29-11-3-5-14-33(29)38/h3-28H,1-2H3. The van der Waals surface area contributed by atoms with Crippen LogP contribution < -0.4 is 0 Å². The first kappa shape index (κ1) is 26.5. The average Bonchev–Trinajstić information content (AvgIpc) is 3.12. The molecule has 0 aliphatic heterocycles. The van der Waals surface area contributed by atoms with Gasteiger partial charge in [-0.25, -0.2) is 0 Å². The molecule has 0 heterocycles. The minimum absolute atomic E-state index is 0.0710. The monoisotopic (exact) mass is 596 g/mol. The summed E-state index contributed by atoms with van der Waals surface area (Å²) in [7, 11) is 0. The molecule has 9 aromatic rings. The minimum Gasteiger partial charge on any atom is -0.0619 e. The number of fused-ring (bicyclic) bond motifs is 7. The Balaban J connectivity index is 1.29. The quantitative estimate of drug-likeness (QED) is 0.138. The Morgan fingerprint density at radius 2 is 1.00 bits per heavy atom. The van der Waals surface area contributed by atoms with E-state index < -0.39 is 0 Å². The maximum Gasteiger partial charge on any atom is 0.0159 e. The van der Waals surface area contributed by atoms with Crippen molar-refractivity contribution in [2.75, 3.05) is 0 Å². The predicted octanol–water partition coefficient (Wildman–Crippen LogP) is 13.1. The molecule has 0 amide bonds. The third-order valence-corrected chi connectivity index (χ3v) is 10.8. The van der Waals surface area contributed by atoms with E-state index >= 15 is 0 Å². The summed E-state index contributed by atoms with van der Waals surface area (Å²) in [6.45, 7) is 4.74. The molecule has 9 aromatic carbocycles. The van der Waals surface area contributed by atoms with E-state index in [1.165, 1.54) is 98.4 Å². The minimum atomic E-state index is -0.0710. The summed E-state index contributed by atoms with van der Waals surface area (Å²) in [4.78, 5) is 0. The zero-order chi connectivity index (χ0) is 31.3. The molecule has 0 bridgehead atoms. The van der Waals surface area contributed by atoms with Crippen LogP contribution in [0.3, 0.4) is 0 Å². The van der Waals surface area contributed by atoms with Gasteiger partial charge in [0.25, 0.3) is 0 Å². The Morgan fingerprint density at radius 3 is 1.89 bits per heavy atom. The highest BCUT2D eigenvalue weighted by atomic mass is 14.4. The van der Waals surface area contributed by atoms with Crippen LogP contribution in [0.2, 0.25) is 0 Å². The summed E-state index contributed by atoms with van der Waals surface area (Å²) >= 11 is 0.